The molecule has 2 aromatic heterocycles. The van der Waals surface area contributed by atoms with Gasteiger partial charge >= 0.3 is 0 Å². The zero-order valence-corrected chi connectivity index (χ0v) is 30.9. The number of carbonyl (C=O) groups is 6. The van der Waals surface area contributed by atoms with E-state index in [1.807, 2.05) is 37.3 Å². The van der Waals surface area contributed by atoms with Crippen molar-refractivity contribution in [1.82, 2.24) is 45.8 Å². The normalized spacial score (nSPS) is 21.8. The number of nitrogens with one attached hydrogen (secondary N) is 4. The fourth-order valence-electron chi connectivity index (χ4n) is 5.55. The maximum absolute atomic E-state index is 13.9. The van der Waals surface area contributed by atoms with Gasteiger partial charge in [-0.2, -0.15) is 5.10 Å². The van der Waals surface area contributed by atoms with Gasteiger partial charge in [-0.25, -0.2) is 4.98 Å². The van der Waals surface area contributed by atoms with Gasteiger partial charge in [0.1, 0.15) is 34.5 Å². The van der Waals surface area contributed by atoms with Crippen LogP contribution >= 0.6 is 11.3 Å². The molecule has 1 aliphatic rings. The highest BCUT2D eigenvalue weighted by Gasteiger charge is 2.31. The molecule has 1 aliphatic heterocycles. The van der Waals surface area contributed by atoms with E-state index in [9.17, 15) is 28.8 Å². The molecule has 0 fully saturated rings. The second-order valence-corrected chi connectivity index (χ2v) is 13.9. The zero-order valence-electron chi connectivity index (χ0n) is 30.1. The number of benzene rings is 1. The Hall–Kier alpha value is -5.12. The Kier molecular flexibility index (Phi) is 13.0. The molecular weight excluding hydrogens is 675 g/mol. The van der Waals surface area contributed by atoms with Crippen molar-refractivity contribution in [3.8, 4) is 0 Å². The predicted molar refractivity (Wildman–Crippen MR) is 191 cm³/mol. The predicted octanol–water partition coefficient (Wildman–Crippen LogP) is 1.22. The Morgan fingerprint density at radius 2 is 1.65 bits per heavy atom. The summed E-state index contributed by atoms with van der Waals surface area (Å²) >= 11 is 1.18. The van der Waals surface area contributed by atoms with E-state index >= 15 is 0 Å². The third-order valence-corrected chi connectivity index (χ3v) is 9.56. The first kappa shape index (κ1) is 38.7. The van der Waals surface area contributed by atoms with Crippen molar-refractivity contribution in [2.24, 2.45) is 13.0 Å². The third kappa shape index (κ3) is 9.99. The average molecular weight is 722 g/mol. The fourth-order valence-corrected chi connectivity index (χ4v) is 6.40. The minimum atomic E-state index is -1.02. The minimum absolute atomic E-state index is 0.00468. The van der Waals surface area contributed by atoms with Crippen LogP contribution in [0.4, 0.5) is 0 Å². The molecule has 3 heterocycles. The van der Waals surface area contributed by atoms with Crippen molar-refractivity contribution >= 4 is 46.8 Å². The standard InChI is InChI=1S/C35H47N9O6S/c1-8-24-17-27(43(7)41-24)35(50)44-15-14-42(6)34(49)22(5)37-32(48)29(20(2)3)40-30(46)21(4)36-31(47)26-19-51-33(39-26)25(38-28(45)18-44)16-23-12-10-9-11-13-23/h9-13,17,19-22,25,29H,8,14-16,18H2,1-7H3,(H,36,47)(H,37,48)(H,38,45)(H,40,46)/t21-,22+,25-,29-/m0/s1. The van der Waals surface area contributed by atoms with E-state index in [1.54, 1.807) is 39.4 Å². The first-order valence-corrected chi connectivity index (χ1v) is 17.8. The van der Waals surface area contributed by atoms with E-state index in [-0.39, 0.29) is 36.9 Å². The SMILES string of the molecule is CCc1cc(C(=O)N2CCN(C)C(=O)[C@@H](C)NC(=O)[C@H](C(C)C)NC(=O)[C@H](C)NC(=O)c3csc(n3)[C@H](Cc3ccccc3)NC(=O)C2)n(C)n1. The van der Waals surface area contributed by atoms with Crippen molar-refractivity contribution in [2.45, 2.75) is 71.6 Å². The van der Waals surface area contributed by atoms with Gasteiger partial charge in [-0.1, -0.05) is 51.1 Å². The molecule has 51 heavy (non-hydrogen) atoms. The van der Waals surface area contributed by atoms with E-state index in [4.69, 9.17) is 0 Å². The van der Waals surface area contributed by atoms with Crippen LogP contribution in [0.1, 0.15) is 77.9 Å². The molecule has 0 saturated carbocycles. The molecule has 274 valence electrons. The second kappa shape index (κ2) is 17.2. The molecule has 4 N–H and O–H groups in total. The molecular formula is C35H47N9O6S. The van der Waals surface area contributed by atoms with Crippen LogP contribution in [-0.4, -0.2) is 105 Å². The molecule has 0 aliphatic carbocycles. The highest BCUT2D eigenvalue weighted by molar-refractivity contribution is 7.09. The first-order valence-electron chi connectivity index (χ1n) is 17.0. The van der Waals surface area contributed by atoms with E-state index in [2.05, 4.69) is 31.3 Å². The lowest BCUT2D eigenvalue weighted by atomic mass is 10.0. The number of likely N-dealkylation sites (N-methyl/N-ethyl adjacent to an activating group) is 1. The van der Waals surface area contributed by atoms with Crippen molar-refractivity contribution < 1.29 is 28.8 Å². The smallest absolute Gasteiger partial charge is 0.272 e. The van der Waals surface area contributed by atoms with Crippen LogP contribution < -0.4 is 21.3 Å². The number of fused-ring (bicyclic) bond motifs is 2. The molecule has 0 saturated heterocycles. The second-order valence-electron chi connectivity index (χ2n) is 13.0. The number of carbonyl (C=O) groups excluding carboxylic acids is 6. The van der Waals surface area contributed by atoms with Gasteiger partial charge in [0.15, 0.2) is 0 Å². The molecule has 4 atom stereocenters. The summed E-state index contributed by atoms with van der Waals surface area (Å²) in [6.07, 6.45) is 0.958. The number of amides is 6. The number of aromatic nitrogens is 3. The van der Waals surface area contributed by atoms with Crippen LogP contribution in [0.3, 0.4) is 0 Å². The van der Waals surface area contributed by atoms with Gasteiger partial charge < -0.3 is 31.1 Å². The molecule has 2 bridgehead atoms. The van der Waals surface area contributed by atoms with Gasteiger partial charge in [0.05, 0.1) is 18.3 Å². The Bertz CT molecular complexity index is 1740. The Morgan fingerprint density at radius 1 is 0.941 bits per heavy atom. The summed E-state index contributed by atoms with van der Waals surface area (Å²) in [6.45, 7) is 8.15. The number of thiazole rings is 1. The van der Waals surface area contributed by atoms with Gasteiger partial charge in [0.2, 0.25) is 23.6 Å². The summed E-state index contributed by atoms with van der Waals surface area (Å²) < 4.78 is 1.47. The van der Waals surface area contributed by atoms with Gasteiger partial charge in [-0.05, 0) is 44.2 Å². The summed E-state index contributed by atoms with van der Waals surface area (Å²) in [5, 5.41) is 17.4. The van der Waals surface area contributed by atoms with Gasteiger partial charge in [0, 0.05) is 32.6 Å². The number of nitrogens with zero attached hydrogens (tertiary/aromatic N) is 5. The monoisotopic (exact) mass is 721 g/mol. The number of rotatable bonds is 5. The molecule has 0 unspecified atom stereocenters. The summed E-state index contributed by atoms with van der Waals surface area (Å²) in [7, 11) is 3.20. The third-order valence-electron chi connectivity index (χ3n) is 8.60. The van der Waals surface area contributed by atoms with Crippen molar-refractivity contribution in [1.29, 1.82) is 0 Å². The van der Waals surface area contributed by atoms with Gasteiger partial charge in [0.25, 0.3) is 11.8 Å². The number of aryl methyl sites for hydroxylation is 2. The van der Waals surface area contributed by atoms with E-state index in [0.717, 1.165) is 5.56 Å². The molecule has 3 aromatic rings. The fraction of sp³-hybridized carbons (Fsp3) is 0.486. The van der Waals surface area contributed by atoms with Crippen LogP contribution in [0.15, 0.2) is 41.8 Å². The number of hydrogen-bond acceptors (Lipinski definition) is 9. The maximum Gasteiger partial charge on any atom is 0.272 e. The topological polar surface area (TPSA) is 188 Å². The highest BCUT2D eigenvalue weighted by Crippen LogP contribution is 2.23. The Labute approximate surface area is 301 Å². The minimum Gasteiger partial charge on any atom is -0.345 e. The summed E-state index contributed by atoms with van der Waals surface area (Å²) in [6, 6.07) is 7.49. The average Bonchev–Trinajstić information content (AvgIpc) is 3.74. The lowest BCUT2D eigenvalue weighted by Gasteiger charge is -2.29. The zero-order chi connectivity index (χ0) is 37.4. The van der Waals surface area contributed by atoms with Crippen LogP contribution in [0, 0.1) is 5.92 Å². The van der Waals surface area contributed by atoms with Crippen molar-refractivity contribution in [2.75, 3.05) is 26.7 Å². The molecule has 0 spiro atoms. The van der Waals surface area contributed by atoms with Gasteiger partial charge in [-0.3, -0.25) is 33.4 Å². The van der Waals surface area contributed by atoms with Crippen LogP contribution in [-0.2, 0) is 39.1 Å². The van der Waals surface area contributed by atoms with E-state index < -0.39 is 59.6 Å². The lowest BCUT2D eigenvalue weighted by molar-refractivity contribution is -0.136. The van der Waals surface area contributed by atoms with Crippen molar-refractivity contribution in [3.05, 3.63) is 69.4 Å². The largest absolute Gasteiger partial charge is 0.345 e. The Morgan fingerprint density at radius 3 is 2.29 bits per heavy atom. The maximum atomic E-state index is 13.9. The highest BCUT2D eigenvalue weighted by atomic mass is 32.1. The Balaban J connectivity index is 1.70. The van der Waals surface area contributed by atoms with E-state index in [0.29, 0.717) is 23.5 Å². The first-order chi connectivity index (χ1) is 24.2. The molecule has 6 amide bonds. The number of hydrogen-bond donors (Lipinski definition) is 4. The summed E-state index contributed by atoms with van der Waals surface area (Å²) in [5.74, 6) is -3.47. The van der Waals surface area contributed by atoms with Crippen LogP contribution in [0.25, 0.3) is 0 Å². The lowest BCUT2D eigenvalue weighted by Crippen LogP contribution is -2.57. The molecule has 0 radical (unpaired) electrons. The van der Waals surface area contributed by atoms with Crippen LogP contribution in [0.5, 0.6) is 0 Å². The summed E-state index contributed by atoms with van der Waals surface area (Å²) in [4.78, 5) is 88.0. The molecule has 4 rings (SSSR count). The quantitative estimate of drug-likeness (QED) is 0.303. The molecule has 15 nitrogen and oxygen atoms in total. The molecule has 16 heteroatoms. The molecule has 1 aromatic carbocycles. The van der Waals surface area contributed by atoms with Crippen molar-refractivity contribution in [3.63, 3.8) is 0 Å². The van der Waals surface area contributed by atoms with Crippen LogP contribution in [0.2, 0.25) is 0 Å². The van der Waals surface area contributed by atoms with E-state index in [1.165, 1.54) is 39.7 Å². The van der Waals surface area contributed by atoms with Gasteiger partial charge in [-0.15, -0.1) is 11.3 Å². The summed E-state index contributed by atoms with van der Waals surface area (Å²) in [5.41, 5.74) is 1.96.